The summed E-state index contributed by atoms with van der Waals surface area (Å²) >= 11 is 0. The number of unbranched alkanes of at least 4 members (excludes halogenated alkanes) is 1. The third-order valence-corrected chi connectivity index (χ3v) is 5.68. The summed E-state index contributed by atoms with van der Waals surface area (Å²) in [4.78, 5) is 23.5. The fourth-order valence-corrected chi connectivity index (χ4v) is 3.76. The molecule has 2 N–H and O–H groups in total. The molecule has 1 aliphatic carbocycles. The lowest BCUT2D eigenvalue weighted by atomic mass is 9.81. The summed E-state index contributed by atoms with van der Waals surface area (Å²) in [6.07, 6.45) is 5.95. The average Bonchev–Trinajstić information content (AvgIpc) is 2.97. The Hall–Kier alpha value is -1.98. The normalized spacial score (nSPS) is 22.8. The first-order valence-corrected chi connectivity index (χ1v) is 9.94. The van der Waals surface area contributed by atoms with Crippen molar-refractivity contribution in [1.29, 1.82) is 0 Å². The van der Waals surface area contributed by atoms with E-state index >= 15 is 0 Å². The number of allylic oxidation sites excluding steroid dienone is 2. The van der Waals surface area contributed by atoms with Crippen molar-refractivity contribution in [2.75, 3.05) is 13.7 Å². The first-order valence-electron chi connectivity index (χ1n) is 9.94. The van der Waals surface area contributed by atoms with E-state index in [1.165, 1.54) is 7.11 Å². The van der Waals surface area contributed by atoms with Crippen LogP contribution in [-0.4, -0.2) is 41.8 Å². The molecule has 0 bridgehead atoms. The number of hydrogen-bond acceptors (Lipinski definition) is 5. The monoisotopic (exact) mass is 388 g/mol. The van der Waals surface area contributed by atoms with Crippen molar-refractivity contribution in [3.63, 3.8) is 0 Å². The molecule has 2 rings (SSSR count). The van der Waals surface area contributed by atoms with Crippen LogP contribution in [0.1, 0.15) is 63.0 Å². The third kappa shape index (κ3) is 5.52. The molecule has 0 aromatic heterocycles. The molecule has 154 valence electrons. The van der Waals surface area contributed by atoms with Gasteiger partial charge >= 0.3 is 5.97 Å². The number of benzene rings is 1. The highest BCUT2D eigenvalue weighted by Crippen LogP contribution is 2.40. The first-order chi connectivity index (χ1) is 13.3. The van der Waals surface area contributed by atoms with E-state index in [2.05, 4.69) is 4.74 Å². The zero-order valence-electron chi connectivity index (χ0n) is 17.1. The maximum absolute atomic E-state index is 12.4. The number of ketones is 1. The average molecular weight is 389 g/mol. The van der Waals surface area contributed by atoms with Crippen LogP contribution in [-0.2, 0) is 19.7 Å². The van der Waals surface area contributed by atoms with E-state index in [0.29, 0.717) is 12.8 Å². The predicted octanol–water partition coefficient (Wildman–Crippen LogP) is 3.28. The summed E-state index contributed by atoms with van der Waals surface area (Å²) in [6.45, 7) is 4.01. The number of aliphatic hydroxyl groups excluding tert-OH is 2. The van der Waals surface area contributed by atoms with Crippen molar-refractivity contribution in [2.24, 2.45) is 5.92 Å². The van der Waals surface area contributed by atoms with Crippen LogP contribution in [0.25, 0.3) is 0 Å². The number of rotatable bonds is 9. The van der Waals surface area contributed by atoms with Gasteiger partial charge in [-0.3, -0.25) is 9.59 Å². The van der Waals surface area contributed by atoms with Gasteiger partial charge in [-0.2, -0.15) is 0 Å². The molecule has 0 radical (unpaired) electrons. The molecule has 0 unspecified atom stereocenters. The minimum absolute atomic E-state index is 0.0558. The number of carbonyl (C=O) groups excluding carboxylic acids is 2. The van der Waals surface area contributed by atoms with E-state index in [1.54, 1.807) is 0 Å². The van der Waals surface area contributed by atoms with E-state index in [4.69, 9.17) is 0 Å². The number of aliphatic hydroxyl groups is 2. The maximum Gasteiger partial charge on any atom is 0.305 e. The Balaban J connectivity index is 2.02. The van der Waals surface area contributed by atoms with Crippen LogP contribution < -0.4 is 0 Å². The van der Waals surface area contributed by atoms with Gasteiger partial charge in [-0.15, -0.1) is 0 Å². The molecule has 0 amide bonds. The van der Waals surface area contributed by atoms with Gasteiger partial charge in [0.25, 0.3) is 0 Å². The molecule has 0 saturated heterocycles. The summed E-state index contributed by atoms with van der Waals surface area (Å²) < 4.78 is 4.61. The second kappa shape index (κ2) is 9.99. The van der Waals surface area contributed by atoms with Gasteiger partial charge in [0.1, 0.15) is 5.78 Å². The Bertz CT molecular complexity index is 689. The Morgan fingerprint density at radius 1 is 1.25 bits per heavy atom. The lowest BCUT2D eigenvalue weighted by molar-refractivity contribution is -0.140. The largest absolute Gasteiger partial charge is 0.469 e. The molecule has 1 aliphatic rings. The van der Waals surface area contributed by atoms with E-state index in [-0.39, 0.29) is 42.0 Å². The molecule has 28 heavy (non-hydrogen) atoms. The number of Topliss-reactive ketones (excluding diaryl/α,β-unsaturated/α-hetero) is 1. The number of hydrogen-bond donors (Lipinski definition) is 2. The van der Waals surface area contributed by atoms with Crippen LogP contribution in [0, 0.1) is 5.92 Å². The number of ether oxygens (including phenoxy) is 1. The molecule has 5 heteroatoms. The summed E-state index contributed by atoms with van der Waals surface area (Å²) in [5.41, 5.74) is 1.66. The number of esters is 1. The van der Waals surface area contributed by atoms with Crippen molar-refractivity contribution in [3.8, 4) is 0 Å². The molecule has 0 heterocycles. The van der Waals surface area contributed by atoms with Crippen molar-refractivity contribution < 1.29 is 24.5 Å². The van der Waals surface area contributed by atoms with E-state index in [1.807, 2.05) is 50.3 Å². The zero-order chi connectivity index (χ0) is 20.7. The van der Waals surface area contributed by atoms with Gasteiger partial charge < -0.3 is 14.9 Å². The molecule has 3 atom stereocenters. The van der Waals surface area contributed by atoms with Crippen molar-refractivity contribution in [2.45, 2.75) is 63.4 Å². The van der Waals surface area contributed by atoms with E-state index in [0.717, 1.165) is 24.0 Å². The van der Waals surface area contributed by atoms with Gasteiger partial charge in [-0.25, -0.2) is 0 Å². The van der Waals surface area contributed by atoms with Crippen LogP contribution >= 0.6 is 0 Å². The van der Waals surface area contributed by atoms with Gasteiger partial charge in [0, 0.05) is 30.1 Å². The highest BCUT2D eigenvalue weighted by Gasteiger charge is 2.41. The highest BCUT2D eigenvalue weighted by molar-refractivity contribution is 5.85. The fraction of sp³-hybridized carbons (Fsp3) is 0.565. The fourth-order valence-electron chi connectivity index (χ4n) is 3.76. The Labute approximate surface area is 167 Å². The molecule has 0 spiro atoms. The summed E-state index contributed by atoms with van der Waals surface area (Å²) in [6, 6.07) is 7.88. The molecular weight excluding hydrogens is 356 g/mol. The first kappa shape index (κ1) is 22.3. The molecule has 1 fully saturated rings. The Morgan fingerprint density at radius 2 is 1.93 bits per heavy atom. The Morgan fingerprint density at radius 3 is 2.54 bits per heavy atom. The van der Waals surface area contributed by atoms with Gasteiger partial charge in [-0.1, -0.05) is 50.3 Å². The second-order valence-electron chi connectivity index (χ2n) is 8.21. The minimum Gasteiger partial charge on any atom is -0.469 e. The standard InChI is InChI=1S/C23H32O5/c1-23(2,15-24)17-12-10-16(11-13-17)22-18(19(25)14-20(22)26)8-6-4-5-7-9-21(27)28-3/h4,6,10-13,18,20,22,24,26H,5,7-9,14-15H2,1-3H3/b6-4-/t18-,20+,22+/m0/s1. The van der Waals surface area contributed by atoms with Gasteiger partial charge in [0.05, 0.1) is 19.8 Å². The van der Waals surface area contributed by atoms with Gasteiger partial charge in [0.15, 0.2) is 0 Å². The summed E-state index contributed by atoms with van der Waals surface area (Å²) in [5.74, 6) is -0.561. The Kier molecular flexibility index (Phi) is 7.96. The second-order valence-corrected chi connectivity index (χ2v) is 8.21. The van der Waals surface area contributed by atoms with Crippen molar-refractivity contribution >= 4 is 11.8 Å². The molecule has 5 nitrogen and oxygen atoms in total. The third-order valence-electron chi connectivity index (χ3n) is 5.68. The minimum atomic E-state index is -0.665. The summed E-state index contributed by atoms with van der Waals surface area (Å²) in [5, 5.41) is 20.0. The van der Waals surface area contributed by atoms with Crippen LogP contribution in [0.15, 0.2) is 36.4 Å². The molecule has 1 aromatic rings. The molecule has 1 aromatic carbocycles. The van der Waals surface area contributed by atoms with Crippen LogP contribution in [0.2, 0.25) is 0 Å². The zero-order valence-corrected chi connectivity index (χ0v) is 17.1. The van der Waals surface area contributed by atoms with Gasteiger partial charge in [0.2, 0.25) is 0 Å². The van der Waals surface area contributed by atoms with Gasteiger partial charge in [-0.05, 0) is 30.4 Å². The van der Waals surface area contributed by atoms with Crippen LogP contribution in [0.3, 0.4) is 0 Å². The summed E-state index contributed by atoms with van der Waals surface area (Å²) in [7, 11) is 1.38. The SMILES string of the molecule is COC(=O)CCC/C=C\C[C@H]1C(=O)C[C@@H](O)[C@@H]1c1ccc(C(C)(C)CO)cc1. The molecule has 0 aliphatic heterocycles. The highest BCUT2D eigenvalue weighted by atomic mass is 16.5. The topological polar surface area (TPSA) is 83.8 Å². The quantitative estimate of drug-likeness (QED) is 0.385. The number of methoxy groups -OCH3 is 1. The van der Waals surface area contributed by atoms with E-state index < -0.39 is 6.10 Å². The maximum atomic E-state index is 12.4. The van der Waals surface area contributed by atoms with Crippen molar-refractivity contribution in [1.82, 2.24) is 0 Å². The molecule has 1 saturated carbocycles. The lowest BCUT2D eigenvalue weighted by Gasteiger charge is -2.25. The van der Waals surface area contributed by atoms with E-state index in [9.17, 15) is 19.8 Å². The molecular formula is C23H32O5. The smallest absolute Gasteiger partial charge is 0.305 e. The number of carbonyl (C=O) groups is 2. The lowest BCUT2D eigenvalue weighted by Crippen LogP contribution is -2.22. The van der Waals surface area contributed by atoms with Crippen molar-refractivity contribution in [3.05, 3.63) is 47.5 Å². The van der Waals surface area contributed by atoms with Crippen LogP contribution in [0.4, 0.5) is 0 Å². The predicted molar refractivity (Wildman–Crippen MR) is 108 cm³/mol. The van der Waals surface area contributed by atoms with Crippen LogP contribution in [0.5, 0.6) is 0 Å².